The first-order valence-electron chi connectivity index (χ1n) is 6.56. The molecule has 0 bridgehead atoms. The third-order valence-electron chi connectivity index (χ3n) is 3.54. The van der Waals surface area contributed by atoms with Gasteiger partial charge in [0.1, 0.15) is 0 Å². The molecule has 0 saturated heterocycles. The van der Waals surface area contributed by atoms with Gasteiger partial charge in [-0.05, 0) is 38.4 Å². The minimum Gasteiger partial charge on any atom is -0.383 e. The minimum atomic E-state index is 0.114. The van der Waals surface area contributed by atoms with Gasteiger partial charge >= 0.3 is 0 Å². The number of rotatable bonds is 7. The number of methoxy groups -OCH3 is 1. The molecule has 0 spiro atoms. The second-order valence-corrected chi connectivity index (χ2v) is 5.04. The summed E-state index contributed by atoms with van der Waals surface area (Å²) in [7, 11) is 3.86. The fraction of sp³-hybridized carbons (Fsp3) is 0.600. The number of likely N-dealkylation sites (N-methyl/N-ethyl adjacent to an activating group) is 1. The predicted molar refractivity (Wildman–Crippen MR) is 76.7 cm³/mol. The maximum absolute atomic E-state index is 6.26. The normalized spacial score (nSPS) is 14.8. The zero-order chi connectivity index (χ0) is 13.5. The predicted octanol–water partition coefficient (Wildman–Crippen LogP) is 2.35. The molecule has 0 aliphatic heterocycles. The number of nitrogens with zero attached hydrogens (tertiary/aromatic N) is 1. The number of ether oxygens (including phenoxy) is 1. The molecule has 0 fully saturated rings. The van der Waals surface area contributed by atoms with E-state index < -0.39 is 0 Å². The maximum atomic E-state index is 6.26. The van der Waals surface area contributed by atoms with E-state index in [-0.39, 0.29) is 6.04 Å². The van der Waals surface area contributed by atoms with Gasteiger partial charge in [0, 0.05) is 25.7 Å². The summed E-state index contributed by atoms with van der Waals surface area (Å²) in [6, 6.07) is 8.89. The Morgan fingerprint density at radius 2 is 2.00 bits per heavy atom. The second kappa shape index (κ2) is 7.52. The molecule has 0 heterocycles. The van der Waals surface area contributed by atoms with E-state index in [1.165, 1.54) is 11.1 Å². The largest absolute Gasteiger partial charge is 0.383 e. The van der Waals surface area contributed by atoms with Crippen molar-refractivity contribution in [3.63, 3.8) is 0 Å². The Morgan fingerprint density at radius 1 is 1.33 bits per heavy atom. The van der Waals surface area contributed by atoms with E-state index in [0.717, 1.165) is 19.6 Å². The van der Waals surface area contributed by atoms with Crippen LogP contribution in [0.2, 0.25) is 0 Å². The van der Waals surface area contributed by atoms with Crippen LogP contribution in [-0.2, 0) is 4.74 Å². The lowest BCUT2D eigenvalue weighted by Gasteiger charge is -2.25. The summed E-state index contributed by atoms with van der Waals surface area (Å²) in [5, 5.41) is 0. The fourth-order valence-electron chi connectivity index (χ4n) is 2.09. The summed E-state index contributed by atoms with van der Waals surface area (Å²) in [4.78, 5) is 2.29. The molecule has 0 aliphatic carbocycles. The summed E-state index contributed by atoms with van der Waals surface area (Å²) in [6.45, 7) is 6.03. The van der Waals surface area contributed by atoms with Gasteiger partial charge in [0.25, 0.3) is 0 Å². The first-order valence-corrected chi connectivity index (χ1v) is 6.56. The third-order valence-corrected chi connectivity index (χ3v) is 3.54. The van der Waals surface area contributed by atoms with Crippen molar-refractivity contribution in [3.8, 4) is 0 Å². The van der Waals surface area contributed by atoms with Crippen molar-refractivity contribution in [1.29, 1.82) is 0 Å². The lowest BCUT2D eigenvalue weighted by atomic mass is 9.99. The van der Waals surface area contributed by atoms with Crippen molar-refractivity contribution in [2.75, 3.05) is 27.3 Å². The van der Waals surface area contributed by atoms with Gasteiger partial charge in [-0.3, -0.25) is 0 Å². The SMILES string of the molecule is COCC(C)N(C)CCC(N)c1ccccc1C. The van der Waals surface area contributed by atoms with Gasteiger partial charge in [-0.2, -0.15) is 0 Å². The Bertz CT molecular complexity index is 354. The summed E-state index contributed by atoms with van der Waals surface area (Å²) in [5.41, 5.74) is 8.79. The van der Waals surface area contributed by atoms with Crippen LogP contribution in [0.1, 0.15) is 30.5 Å². The first kappa shape index (κ1) is 15.2. The van der Waals surface area contributed by atoms with Gasteiger partial charge in [-0.25, -0.2) is 0 Å². The number of hydrogen-bond donors (Lipinski definition) is 1. The molecule has 2 N–H and O–H groups in total. The molecule has 1 aromatic rings. The smallest absolute Gasteiger partial charge is 0.0615 e. The monoisotopic (exact) mass is 250 g/mol. The quantitative estimate of drug-likeness (QED) is 0.807. The topological polar surface area (TPSA) is 38.5 Å². The number of nitrogens with two attached hydrogens (primary N) is 1. The highest BCUT2D eigenvalue weighted by Gasteiger charge is 2.12. The third kappa shape index (κ3) is 4.41. The molecule has 0 aromatic heterocycles. The highest BCUT2D eigenvalue weighted by Crippen LogP contribution is 2.18. The molecule has 3 nitrogen and oxygen atoms in total. The molecular formula is C15H26N2O. The van der Waals surface area contributed by atoms with Gasteiger partial charge in [0.2, 0.25) is 0 Å². The van der Waals surface area contributed by atoms with E-state index in [1.54, 1.807) is 7.11 Å². The van der Waals surface area contributed by atoms with Crippen LogP contribution in [0.25, 0.3) is 0 Å². The number of aryl methyl sites for hydroxylation is 1. The molecule has 2 atom stereocenters. The highest BCUT2D eigenvalue weighted by atomic mass is 16.5. The van der Waals surface area contributed by atoms with Crippen molar-refractivity contribution in [3.05, 3.63) is 35.4 Å². The summed E-state index contributed by atoms with van der Waals surface area (Å²) in [6.07, 6.45) is 0.968. The molecule has 3 heteroatoms. The summed E-state index contributed by atoms with van der Waals surface area (Å²) in [5.74, 6) is 0. The van der Waals surface area contributed by atoms with E-state index in [1.807, 2.05) is 0 Å². The molecule has 18 heavy (non-hydrogen) atoms. The molecule has 2 unspecified atom stereocenters. The average Bonchev–Trinajstić information content (AvgIpc) is 2.36. The second-order valence-electron chi connectivity index (χ2n) is 5.04. The number of hydrogen-bond acceptors (Lipinski definition) is 3. The van der Waals surface area contributed by atoms with Gasteiger partial charge in [-0.15, -0.1) is 0 Å². The molecular weight excluding hydrogens is 224 g/mol. The van der Waals surface area contributed by atoms with Crippen molar-refractivity contribution in [1.82, 2.24) is 4.90 Å². The Hall–Kier alpha value is -0.900. The lowest BCUT2D eigenvalue weighted by Crippen LogP contribution is -2.34. The maximum Gasteiger partial charge on any atom is 0.0615 e. The van der Waals surface area contributed by atoms with Crippen molar-refractivity contribution in [2.45, 2.75) is 32.4 Å². The van der Waals surface area contributed by atoms with Gasteiger partial charge in [0.15, 0.2) is 0 Å². The Kier molecular flexibility index (Phi) is 6.33. The van der Waals surface area contributed by atoms with E-state index in [0.29, 0.717) is 6.04 Å². The van der Waals surface area contributed by atoms with Crippen molar-refractivity contribution < 1.29 is 4.74 Å². The van der Waals surface area contributed by atoms with Crippen LogP contribution in [0.4, 0.5) is 0 Å². The van der Waals surface area contributed by atoms with Gasteiger partial charge in [0.05, 0.1) is 6.61 Å². The number of benzene rings is 1. The molecule has 0 amide bonds. The first-order chi connectivity index (χ1) is 8.56. The Labute approximate surface area is 111 Å². The Balaban J connectivity index is 2.46. The lowest BCUT2D eigenvalue weighted by molar-refractivity contribution is 0.114. The molecule has 102 valence electrons. The molecule has 0 radical (unpaired) electrons. The van der Waals surface area contributed by atoms with Crippen LogP contribution in [-0.4, -0.2) is 38.3 Å². The standard InChI is InChI=1S/C15H26N2O/c1-12-7-5-6-8-14(12)15(16)9-10-17(3)13(2)11-18-4/h5-8,13,15H,9-11,16H2,1-4H3. The van der Waals surface area contributed by atoms with Gasteiger partial charge in [-0.1, -0.05) is 24.3 Å². The van der Waals surface area contributed by atoms with Crippen LogP contribution in [0, 0.1) is 6.92 Å². The van der Waals surface area contributed by atoms with Crippen LogP contribution in [0.5, 0.6) is 0 Å². The molecule has 1 rings (SSSR count). The Morgan fingerprint density at radius 3 is 2.61 bits per heavy atom. The van der Waals surface area contributed by atoms with Gasteiger partial charge < -0.3 is 15.4 Å². The zero-order valence-electron chi connectivity index (χ0n) is 12.0. The molecule has 1 aromatic carbocycles. The van der Waals surface area contributed by atoms with E-state index in [4.69, 9.17) is 10.5 Å². The highest BCUT2D eigenvalue weighted by molar-refractivity contribution is 5.28. The van der Waals surface area contributed by atoms with Crippen molar-refractivity contribution >= 4 is 0 Å². The minimum absolute atomic E-state index is 0.114. The molecule has 0 saturated carbocycles. The van der Waals surface area contributed by atoms with E-state index >= 15 is 0 Å². The van der Waals surface area contributed by atoms with Crippen LogP contribution in [0.3, 0.4) is 0 Å². The van der Waals surface area contributed by atoms with Crippen LogP contribution < -0.4 is 5.73 Å². The van der Waals surface area contributed by atoms with E-state index in [2.05, 4.69) is 50.1 Å². The summed E-state index contributed by atoms with van der Waals surface area (Å²) >= 11 is 0. The fourth-order valence-corrected chi connectivity index (χ4v) is 2.09. The summed E-state index contributed by atoms with van der Waals surface area (Å²) < 4.78 is 5.16. The zero-order valence-corrected chi connectivity index (χ0v) is 12.0. The molecule has 0 aliphatic rings. The van der Waals surface area contributed by atoms with Crippen molar-refractivity contribution in [2.24, 2.45) is 5.73 Å². The van der Waals surface area contributed by atoms with E-state index in [9.17, 15) is 0 Å². The van der Waals surface area contributed by atoms with Crippen LogP contribution >= 0.6 is 0 Å². The van der Waals surface area contributed by atoms with Crippen LogP contribution in [0.15, 0.2) is 24.3 Å². The average molecular weight is 250 g/mol.